The standard InChI is InChI=1S/C59H91N17O20/c1-28(2)21-37(49(86)70-38(23-33-24-63-27-65-33)50(87)71-39(22-32-12-14-34(81)15-13-32)57(94)76-20-8-11-43(76)58(95)96)69-48(85)35(16-17-44(82)83)67-53(90)42-10-7-19-75(42)56(93)36(9-6-18-64-59(61)62)68-55(92)46(31(5)80)74-52(89)41(26-78)72-47(84)29(3)66-51(88)40(25-77)73-54(91)45(60)30(4)79/h12-15,24,27-31,35-43,45-46,77-81H,6-11,16-23,25-26,60H2,1-5H3,(H,63,65)(H,66,88)(H,67,90)(H,68,92)(H,69,85)(H,70,86)(H,71,87)(H,72,84)(H,73,91)(H,74,89)(H,82,83)(H,95,96)(H4,61,62,64)/t29-,30+,31+,35-,36-,37-,38-,39-,40-,41-,42-,43-,45-,46-/m0/s1. The number of aromatic nitrogens is 2. The Labute approximate surface area is 551 Å². The summed E-state index contributed by atoms with van der Waals surface area (Å²) in [6, 6.07) is -12.8. The predicted molar refractivity (Wildman–Crippen MR) is 336 cm³/mol. The summed E-state index contributed by atoms with van der Waals surface area (Å²) in [5.74, 6) is -14.5. The van der Waals surface area contributed by atoms with Crippen molar-refractivity contribution in [2.45, 2.75) is 190 Å². The number of carboxylic acids is 2. The minimum Gasteiger partial charge on any atom is -0.508 e. The lowest BCUT2D eigenvalue weighted by atomic mass is 10.0. The number of aliphatic hydroxyl groups excluding tert-OH is 4. The number of phenols is 1. The average molecular weight is 1360 g/mol. The van der Waals surface area contributed by atoms with Crippen LogP contribution in [0.25, 0.3) is 0 Å². The maximum Gasteiger partial charge on any atom is 0.326 e. The molecule has 96 heavy (non-hydrogen) atoms. The van der Waals surface area contributed by atoms with Crippen molar-refractivity contribution in [2.24, 2.45) is 28.1 Å². The molecule has 0 radical (unpaired) electrons. The summed E-state index contributed by atoms with van der Waals surface area (Å²) in [7, 11) is 0. The number of nitrogens with two attached hydrogens (primary N) is 3. The lowest BCUT2D eigenvalue weighted by Gasteiger charge is -2.31. The fourth-order valence-corrected chi connectivity index (χ4v) is 10.4. The number of aliphatic carboxylic acids is 2. The molecule has 0 spiro atoms. The van der Waals surface area contributed by atoms with Gasteiger partial charge in [0.25, 0.3) is 0 Å². The maximum atomic E-state index is 14.7. The number of hydrogen-bond acceptors (Lipinski definition) is 21. The number of likely N-dealkylation sites (tertiary alicyclic amines) is 2. The third kappa shape index (κ3) is 24.3. The minimum atomic E-state index is -1.91. The van der Waals surface area contributed by atoms with Gasteiger partial charge in [0, 0.05) is 50.8 Å². The molecule has 37 nitrogen and oxygen atoms in total. The van der Waals surface area contributed by atoms with E-state index in [9.17, 15) is 98.1 Å². The molecule has 11 amide bonds. The van der Waals surface area contributed by atoms with E-state index in [1.54, 1.807) is 13.8 Å². The molecule has 2 aliphatic heterocycles. The van der Waals surface area contributed by atoms with Crippen molar-refractivity contribution >= 4 is 82.9 Å². The Morgan fingerprint density at radius 2 is 1.12 bits per heavy atom. The molecule has 1 aromatic heterocycles. The van der Waals surface area contributed by atoms with E-state index >= 15 is 0 Å². The van der Waals surface area contributed by atoms with Gasteiger partial charge in [0.15, 0.2) is 5.96 Å². The molecule has 14 atom stereocenters. The van der Waals surface area contributed by atoms with Gasteiger partial charge >= 0.3 is 11.9 Å². The molecule has 2 aromatic rings. The zero-order valence-corrected chi connectivity index (χ0v) is 53.9. The highest BCUT2D eigenvalue weighted by Crippen LogP contribution is 2.23. The summed E-state index contributed by atoms with van der Waals surface area (Å²) in [5, 5.41) is 91.5. The monoisotopic (exact) mass is 1360 g/mol. The SMILES string of the molecule is CC(C)C[C@H](NC(=O)[C@H](CCC(=O)O)NC(=O)[C@@H]1CCCN1C(=O)[C@H](CCCN=C(N)N)NC(=O)[C@@H](NC(=O)[C@H](CO)NC(=O)[C@H](C)NC(=O)[C@H](CO)NC(=O)[C@@H](N)[C@@H](C)O)[C@@H](C)O)C(=O)N[C@@H](Cc1cnc[nH]1)C(=O)N[C@@H](Cc1ccc(O)cc1)C(=O)N1CCC[C@H]1C(=O)O. The maximum absolute atomic E-state index is 14.7. The number of aromatic amines is 1. The molecule has 3 heterocycles. The molecule has 0 saturated carbocycles. The number of aliphatic imine (C=N–C) groups is 1. The molecule has 2 fully saturated rings. The number of amides is 11. The number of phenolic OH excluding ortho intramolecular Hbond substituents is 1. The molecule has 23 N–H and O–H groups in total. The first-order valence-electron chi connectivity index (χ1n) is 31.2. The largest absolute Gasteiger partial charge is 0.508 e. The number of imidazole rings is 1. The average Bonchev–Trinajstić information content (AvgIpc) is 1.60. The van der Waals surface area contributed by atoms with Gasteiger partial charge in [-0.15, -0.1) is 0 Å². The van der Waals surface area contributed by atoms with E-state index in [0.29, 0.717) is 17.7 Å². The third-order valence-electron chi connectivity index (χ3n) is 15.7. The van der Waals surface area contributed by atoms with E-state index in [4.69, 9.17) is 17.2 Å². The number of carbonyl (C=O) groups excluding carboxylic acids is 11. The number of nitrogens with one attached hydrogen (secondary N) is 10. The van der Waals surface area contributed by atoms with Gasteiger partial charge < -0.3 is 116 Å². The van der Waals surface area contributed by atoms with Crippen molar-refractivity contribution in [2.75, 3.05) is 32.8 Å². The number of carbonyl (C=O) groups is 13. The van der Waals surface area contributed by atoms with Crippen LogP contribution in [0.2, 0.25) is 0 Å². The summed E-state index contributed by atoms with van der Waals surface area (Å²) in [6.45, 7) is 4.66. The highest BCUT2D eigenvalue weighted by atomic mass is 16.4. The summed E-state index contributed by atoms with van der Waals surface area (Å²) >= 11 is 0. The quantitative estimate of drug-likeness (QED) is 0.0169. The normalized spacial score (nSPS) is 18.2. The highest BCUT2D eigenvalue weighted by molar-refractivity contribution is 6.00. The Kier molecular flexibility index (Phi) is 31.3. The molecule has 1 aromatic carbocycles. The van der Waals surface area contributed by atoms with Crippen LogP contribution >= 0.6 is 0 Å². The Morgan fingerprint density at radius 3 is 1.68 bits per heavy atom. The van der Waals surface area contributed by atoms with Crippen molar-refractivity contribution in [1.82, 2.24) is 67.6 Å². The molecule has 0 bridgehead atoms. The molecule has 2 saturated heterocycles. The van der Waals surface area contributed by atoms with Gasteiger partial charge in [0.05, 0.1) is 31.7 Å². The van der Waals surface area contributed by atoms with Crippen molar-refractivity contribution in [1.29, 1.82) is 0 Å². The van der Waals surface area contributed by atoms with Crippen molar-refractivity contribution in [3.05, 3.63) is 48.0 Å². The van der Waals surface area contributed by atoms with E-state index < -0.39 is 188 Å². The van der Waals surface area contributed by atoms with E-state index in [-0.39, 0.29) is 88.6 Å². The van der Waals surface area contributed by atoms with Crippen LogP contribution in [0.5, 0.6) is 5.75 Å². The second-order valence-corrected chi connectivity index (χ2v) is 23.9. The van der Waals surface area contributed by atoms with Crippen LogP contribution in [0, 0.1) is 5.92 Å². The third-order valence-corrected chi connectivity index (χ3v) is 15.7. The zero-order valence-electron chi connectivity index (χ0n) is 53.9. The van der Waals surface area contributed by atoms with Gasteiger partial charge in [-0.3, -0.25) is 62.5 Å². The Morgan fingerprint density at radius 1 is 0.604 bits per heavy atom. The molecular weight excluding hydrogens is 1270 g/mol. The Hall–Kier alpha value is -9.59. The lowest BCUT2D eigenvalue weighted by Crippen LogP contribution is -2.62. The van der Waals surface area contributed by atoms with Crippen molar-refractivity contribution in [3.63, 3.8) is 0 Å². The van der Waals surface area contributed by atoms with Crippen LogP contribution in [-0.2, 0) is 75.2 Å². The summed E-state index contributed by atoms with van der Waals surface area (Å²) in [5.41, 5.74) is 17.4. The number of aliphatic hydroxyl groups is 4. The number of benzene rings is 1. The summed E-state index contributed by atoms with van der Waals surface area (Å²) in [6.07, 6.45) is -1.69. The molecule has 0 aliphatic carbocycles. The van der Waals surface area contributed by atoms with Crippen LogP contribution in [0.1, 0.15) is 104 Å². The topological polar surface area (TPSA) is 597 Å². The molecule has 4 rings (SSSR count). The molecular formula is C59H91N17O20. The smallest absolute Gasteiger partial charge is 0.326 e. The minimum absolute atomic E-state index is 0.00519. The van der Waals surface area contributed by atoms with Crippen LogP contribution in [0.15, 0.2) is 41.8 Å². The van der Waals surface area contributed by atoms with Gasteiger partial charge in [-0.25, -0.2) is 9.78 Å². The first-order valence-corrected chi connectivity index (χ1v) is 31.2. The van der Waals surface area contributed by atoms with Crippen LogP contribution in [-0.4, -0.2) is 256 Å². The summed E-state index contributed by atoms with van der Waals surface area (Å²) in [4.78, 5) is 190. The predicted octanol–water partition coefficient (Wildman–Crippen LogP) is -7.61. The number of rotatable bonds is 38. The van der Waals surface area contributed by atoms with Gasteiger partial charge in [0.1, 0.15) is 78.3 Å². The molecule has 37 heteroatoms. The number of guanidine groups is 1. The Balaban J connectivity index is 1.55. The van der Waals surface area contributed by atoms with Gasteiger partial charge in [0.2, 0.25) is 65.0 Å². The van der Waals surface area contributed by atoms with Crippen molar-refractivity contribution < 1.29 is 98.1 Å². The van der Waals surface area contributed by atoms with Crippen LogP contribution in [0.4, 0.5) is 0 Å². The molecule has 2 aliphatic rings. The number of carboxylic acid groups (broad SMARTS) is 2. The molecule has 0 unspecified atom stereocenters. The molecule has 532 valence electrons. The second kappa shape index (κ2) is 38.1. The fourth-order valence-electron chi connectivity index (χ4n) is 10.4. The van der Waals surface area contributed by atoms with Gasteiger partial charge in [-0.2, -0.15) is 0 Å². The number of H-pyrrole nitrogens is 1. The van der Waals surface area contributed by atoms with Crippen molar-refractivity contribution in [3.8, 4) is 5.75 Å². The van der Waals surface area contributed by atoms with E-state index in [1.807, 2.05) is 0 Å². The first-order chi connectivity index (χ1) is 45.3. The first kappa shape index (κ1) is 78.9. The highest BCUT2D eigenvalue weighted by Gasteiger charge is 2.43. The fraction of sp³-hybridized carbons (Fsp3) is 0.610. The van der Waals surface area contributed by atoms with Crippen LogP contribution < -0.4 is 65.1 Å². The Bertz CT molecular complexity index is 3060. The summed E-state index contributed by atoms with van der Waals surface area (Å²) < 4.78 is 0. The number of aromatic hydroxyl groups is 1. The number of nitrogens with zero attached hydrogens (tertiary/aromatic N) is 4. The lowest BCUT2D eigenvalue weighted by molar-refractivity contribution is -0.149. The zero-order chi connectivity index (χ0) is 71.7. The number of hydrogen-bond donors (Lipinski definition) is 20. The van der Waals surface area contributed by atoms with E-state index in [2.05, 4.69) is 62.8 Å². The van der Waals surface area contributed by atoms with E-state index in [0.717, 1.165) is 23.6 Å². The van der Waals surface area contributed by atoms with Gasteiger partial charge in [-0.05, 0) is 95.8 Å². The van der Waals surface area contributed by atoms with Gasteiger partial charge in [-0.1, -0.05) is 26.0 Å². The second-order valence-electron chi connectivity index (χ2n) is 23.9. The van der Waals surface area contributed by atoms with E-state index in [1.165, 1.54) is 43.7 Å². The van der Waals surface area contributed by atoms with Crippen LogP contribution in [0.3, 0.4) is 0 Å².